The lowest BCUT2D eigenvalue weighted by Gasteiger charge is -2.19. The van der Waals surface area contributed by atoms with E-state index in [0.29, 0.717) is 5.69 Å². The molecule has 3 rings (SSSR count). The first-order valence-electron chi connectivity index (χ1n) is 7.87. The van der Waals surface area contributed by atoms with E-state index in [9.17, 15) is 4.79 Å². The summed E-state index contributed by atoms with van der Waals surface area (Å²) in [5, 5.41) is 4.34. The summed E-state index contributed by atoms with van der Waals surface area (Å²) in [7, 11) is 1.37. The minimum absolute atomic E-state index is 0.375. The number of hydrogen-bond acceptors (Lipinski definition) is 6. The van der Waals surface area contributed by atoms with E-state index in [-0.39, 0.29) is 5.97 Å². The second kappa shape index (κ2) is 6.87. The van der Waals surface area contributed by atoms with Crippen LogP contribution >= 0.6 is 0 Å². The molecule has 0 amide bonds. The van der Waals surface area contributed by atoms with Crippen LogP contribution in [-0.4, -0.2) is 44.3 Å². The summed E-state index contributed by atoms with van der Waals surface area (Å²) in [6.07, 6.45) is 3.64. The predicted molar refractivity (Wildman–Crippen MR) is 83.7 cm³/mol. The zero-order valence-corrected chi connectivity index (χ0v) is 13.5. The Kier molecular flexibility index (Phi) is 4.66. The van der Waals surface area contributed by atoms with Crippen LogP contribution in [0.4, 0.5) is 0 Å². The molecule has 0 atom stereocenters. The summed E-state index contributed by atoms with van der Waals surface area (Å²) in [6.45, 7) is 5.36. The van der Waals surface area contributed by atoms with E-state index < -0.39 is 0 Å². The van der Waals surface area contributed by atoms with Crippen LogP contribution in [-0.2, 0) is 30.8 Å². The largest absolute Gasteiger partial charge is 0.464 e. The molecular weight excluding hydrogens is 294 g/mol. The third-order valence-corrected chi connectivity index (χ3v) is 3.95. The molecule has 2 aromatic heterocycles. The molecule has 0 spiro atoms. The average molecular weight is 315 g/mol. The van der Waals surface area contributed by atoms with Gasteiger partial charge in [0.2, 0.25) is 0 Å². The van der Waals surface area contributed by atoms with E-state index in [0.717, 1.165) is 56.2 Å². The van der Waals surface area contributed by atoms with Crippen molar-refractivity contribution in [2.75, 3.05) is 13.7 Å². The molecule has 2 aromatic rings. The number of rotatable bonds is 4. The third kappa shape index (κ3) is 3.56. The molecular formula is C16H21N5O2. The fraction of sp³-hybridized carbons (Fsp3) is 0.500. The van der Waals surface area contributed by atoms with E-state index in [4.69, 9.17) is 4.74 Å². The number of methoxy groups -OCH3 is 1. The van der Waals surface area contributed by atoms with Gasteiger partial charge in [0.1, 0.15) is 5.82 Å². The smallest absolute Gasteiger partial charge is 0.358 e. The van der Waals surface area contributed by atoms with Gasteiger partial charge in [-0.1, -0.05) is 6.92 Å². The molecule has 122 valence electrons. The minimum Gasteiger partial charge on any atom is -0.464 e. The molecule has 0 N–H and O–H groups in total. The summed E-state index contributed by atoms with van der Waals surface area (Å²) in [6, 6.07) is 3.78. The van der Waals surface area contributed by atoms with Crippen molar-refractivity contribution >= 4 is 5.97 Å². The molecule has 0 saturated carbocycles. The molecule has 7 heteroatoms. The number of hydrogen-bond donors (Lipinski definition) is 0. The number of carbonyl (C=O) groups is 1. The number of nitrogens with zero attached hydrogens (tertiary/aromatic N) is 5. The lowest BCUT2D eigenvalue weighted by Crippen LogP contribution is -2.23. The van der Waals surface area contributed by atoms with Gasteiger partial charge in [-0.15, -0.1) is 0 Å². The monoisotopic (exact) mass is 315 g/mol. The molecule has 23 heavy (non-hydrogen) atoms. The van der Waals surface area contributed by atoms with Gasteiger partial charge in [0.25, 0.3) is 0 Å². The topological polar surface area (TPSA) is 73.1 Å². The highest BCUT2D eigenvalue weighted by molar-refractivity contribution is 5.87. The Balaban J connectivity index is 1.75. The van der Waals surface area contributed by atoms with Crippen molar-refractivity contribution in [3.63, 3.8) is 0 Å². The highest BCUT2D eigenvalue weighted by Gasteiger charge is 2.20. The van der Waals surface area contributed by atoms with Gasteiger partial charge < -0.3 is 4.74 Å². The summed E-state index contributed by atoms with van der Waals surface area (Å²) in [5.74, 6) is 0.482. The molecule has 1 aliphatic rings. The minimum atomic E-state index is -0.388. The molecule has 0 fully saturated rings. The molecule has 1 aliphatic heterocycles. The zero-order chi connectivity index (χ0) is 16.2. The molecule has 0 radical (unpaired) electrons. The predicted octanol–water partition coefficient (Wildman–Crippen LogP) is 1.43. The van der Waals surface area contributed by atoms with E-state index in [1.165, 1.54) is 7.11 Å². The van der Waals surface area contributed by atoms with Gasteiger partial charge in [0.05, 0.1) is 18.5 Å². The number of ether oxygens (including phenoxy) is 1. The molecule has 0 bridgehead atoms. The summed E-state index contributed by atoms with van der Waals surface area (Å²) in [5.41, 5.74) is 2.44. The van der Waals surface area contributed by atoms with E-state index in [2.05, 4.69) is 26.9 Å². The van der Waals surface area contributed by atoms with Crippen molar-refractivity contribution < 1.29 is 9.53 Å². The Morgan fingerprint density at radius 3 is 3.04 bits per heavy atom. The van der Waals surface area contributed by atoms with Crippen LogP contribution in [0.25, 0.3) is 0 Å². The van der Waals surface area contributed by atoms with Gasteiger partial charge in [-0.3, -0.25) is 9.58 Å². The number of aryl methyl sites for hydroxylation is 2. The Morgan fingerprint density at radius 2 is 2.26 bits per heavy atom. The van der Waals surface area contributed by atoms with Crippen LogP contribution < -0.4 is 0 Å². The highest BCUT2D eigenvalue weighted by atomic mass is 16.5. The van der Waals surface area contributed by atoms with Gasteiger partial charge in [-0.2, -0.15) is 5.10 Å². The maximum Gasteiger partial charge on any atom is 0.358 e. The standard InChI is InChI=1S/C16H21N5O2/c1-3-15-17-6-5-12(18-15)10-20-7-4-8-21-13(11-20)9-14(19-21)16(22)23-2/h5-6,9H,3-4,7-8,10-11H2,1-2H3. The van der Waals surface area contributed by atoms with Gasteiger partial charge in [-0.25, -0.2) is 14.8 Å². The summed E-state index contributed by atoms with van der Waals surface area (Å²) >= 11 is 0. The quantitative estimate of drug-likeness (QED) is 0.795. The van der Waals surface area contributed by atoms with Gasteiger partial charge in [0.15, 0.2) is 5.69 Å². The molecule has 0 aromatic carbocycles. The van der Waals surface area contributed by atoms with Crippen molar-refractivity contribution in [1.82, 2.24) is 24.6 Å². The maximum atomic E-state index is 11.6. The third-order valence-electron chi connectivity index (χ3n) is 3.95. The van der Waals surface area contributed by atoms with Crippen LogP contribution in [0.3, 0.4) is 0 Å². The van der Waals surface area contributed by atoms with Crippen molar-refractivity contribution in [1.29, 1.82) is 0 Å². The van der Waals surface area contributed by atoms with Crippen molar-refractivity contribution in [3.8, 4) is 0 Å². The maximum absolute atomic E-state index is 11.6. The second-order valence-electron chi connectivity index (χ2n) is 5.62. The van der Waals surface area contributed by atoms with Crippen LogP contribution in [0, 0.1) is 0 Å². The fourth-order valence-electron chi connectivity index (χ4n) is 2.80. The molecule has 0 saturated heterocycles. The van der Waals surface area contributed by atoms with E-state index in [1.54, 1.807) is 0 Å². The Morgan fingerprint density at radius 1 is 1.39 bits per heavy atom. The van der Waals surface area contributed by atoms with Gasteiger partial charge in [-0.05, 0) is 18.6 Å². The van der Waals surface area contributed by atoms with E-state index in [1.807, 2.05) is 23.0 Å². The zero-order valence-electron chi connectivity index (χ0n) is 13.5. The number of carbonyl (C=O) groups excluding carboxylic acids is 1. The summed E-state index contributed by atoms with van der Waals surface area (Å²) in [4.78, 5) is 22.8. The van der Waals surface area contributed by atoms with Crippen molar-refractivity contribution in [3.05, 3.63) is 41.2 Å². The second-order valence-corrected chi connectivity index (χ2v) is 5.62. The first-order chi connectivity index (χ1) is 11.2. The van der Waals surface area contributed by atoms with Crippen molar-refractivity contribution in [2.24, 2.45) is 0 Å². The van der Waals surface area contributed by atoms with Crippen LogP contribution in [0.1, 0.15) is 41.0 Å². The number of fused-ring (bicyclic) bond motifs is 1. The molecule has 3 heterocycles. The van der Waals surface area contributed by atoms with E-state index >= 15 is 0 Å². The normalized spacial score (nSPS) is 15.0. The average Bonchev–Trinajstić information content (AvgIpc) is 2.88. The molecule has 7 nitrogen and oxygen atoms in total. The fourth-order valence-corrected chi connectivity index (χ4v) is 2.80. The Hall–Kier alpha value is -2.28. The van der Waals surface area contributed by atoms with Crippen molar-refractivity contribution in [2.45, 2.75) is 39.4 Å². The van der Waals surface area contributed by atoms with Crippen LogP contribution in [0.15, 0.2) is 18.3 Å². The first-order valence-corrected chi connectivity index (χ1v) is 7.87. The lowest BCUT2D eigenvalue weighted by atomic mass is 10.3. The Labute approximate surface area is 135 Å². The molecule has 0 aliphatic carbocycles. The summed E-state index contributed by atoms with van der Waals surface area (Å²) < 4.78 is 6.65. The SMILES string of the molecule is CCc1nccc(CN2CCCn3nc(C(=O)OC)cc3C2)n1. The first kappa shape index (κ1) is 15.6. The molecule has 0 unspecified atom stereocenters. The van der Waals surface area contributed by atoms with Crippen LogP contribution in [0.2, 0.25) is 0 Å². The van der Waals surface area contributed by atoms with Gasteiger partial charge >= 0.3 is 5.97 Å². The Bertz CT molecular complexity index is 698. The lowest BCUT2D eigenvalue weighted by molar-refractivity contribution is 0.0593. The number of esters is 1. The highest BCUT2D eigenvalue weighted by Crippen LogP contribution is 2.16. The number of aromatic nitrogens is 4. The van der Waals surface area contributed by atoms with Crippen LogP contribution in [0.5, 0.6) is 0 Å². The van der Waals surface area contributed by atoms with Gasteiger partial charge in [0, 0.05) is 38.8 Å².